The number of aliphatic hydroxyl groups excluding tert-OH is 1. The zero-order valence-electron chi connectivity index (χ0n) is 14.1. The molecule has 0 spiro atoms. The maximum Gasteiger partial charge on any atom is 0.366 e. The Morgan fingerprint density at radius 3 is 2.77 bits per heavy atom. The Labute approximate surface area is 149 Å². The molecule has 140 valence electrons. The second-order valence-electron chi connectivity index (χ2n) is 6.14. The summed E-state index contributed by atoms with van der Waals surface area (Å²) in [5.74, 6) is -3.74. The summed E-state index contributed by atoms with van der Waals surface area (Å²) >= 11 is 0. The second kappa shape index (κ2) is 7.55. The van der Waals surface area contributed by atoms with Crippen molar-refractivity contribution in [1.29, 1.82) is 0 Å². The van der Waals surface area contributed by atoms with E-state index >= 15 is 0 Å². The van der Waals surface area contributed by atoms with Crippen LogP contribution in [0, 0.1) is 0 Å². The normalized spacial score (nSPS) is 33.2. The summed E-state index contributed by atoms with van der Waals surface area (Å²) in [5, 5.41) is 20.4. The number of hydrogen-bond donors (Lipinski definition) is 2. The van der Waals surface area contributed by atoms with E-state index in [0.717, 1.165) is 12.7 Å². The number of fused-ring (bicyclic) bond motifs is 2. The van der Waals surface area contributed by atoms with Gasteiger partial charge >= 0.3 is 11.9 Å². The van der Waals surface area contributed by atoms with Crippen LogP contribution in [0.25, 0.3) is 6.08 Å². The van der Waals surface area contributed by atoms with E-state index in [1.54, 1.807) is 6.08 Å². The van der Waals surface area contributed by atoms with Crippen molar-refractivity contribution in [2.24, 2.45) is 0 Å². The molecule has 1 aromatic rings. The molecule has 2 aliphatic heterocycles. The van der Waals surface area contributed by atoms with Crippen molar-refractivity contribution >= 4 is 18.0 Å². The molecular weight excluding hydrogens is 344 g/mol. The highest BCUT2D eigenvalue weighted by Crippen LogP contribution is 2.38. The van der Waals surface area contributed by atoms with Crippen molar-refractivity contribution in [2.75, 3.05) is 13.7 Å². The first-order valence-corrected chi connectivity index (χ1v) is 8.15. The van der Waals surface area contributed by atoms with Crippen LogP contribution in [0.5, 0.6) is 0 Å². The number of ether oxygens (including phenoxy) is 4. The molecule has 1 aromatic carbocycles. The van der Waals surface area contributed by atoms with Gasteiger partial charge in [-0.05, 0) is 11.6 Å². The van der Waals surface area contributed by atoms with Crippen LogP contribution in [-0.2, 0) is 28.5 Å². The lowest BCUT2D eigenvalue weighted by Gasteiger charge is -2.35. The quantitative estimate of drug-likeness (QED) is 0.556. The van der Waals surface area contributed by atoms with Gasteiger partial charge in [0.2, 0.25) is 0 Å². The van der Waals surface area contributed by atoms with Crippen molar-refractivity contribution < 1.29 is 38.7 Å². The monoisotopic (exact) mass is 364 g/mol. The van der Waals surface area contributed by atoms with Gasteiger partial charge in [-0.25, -0.2) is 9.59 Å². The van der Waals surface area contributed by atoms with Gasteiger partial charge in [0.1, 0.15) is 24.9 Å². The summed E-state index contributed by atoms with van der Waals surface area (Å²) in [4.78, 5) is 23.5. The SMILES string of the molecule is COC(=O)[C@@]1(O)C[C@@H]2O[C@H](COC(=O)/C=C\c3ccccc3)[C@H](O1)[C@@H]2O. The van der Waals surface area contributed by atoms with Gasteiger partial charge in [0.05, 0.1) is 13.2 Å². The van der Waals surface area contributed by atoms with Crippen LogP contribution in [-0.4, -0.2) is 66.1 Å². The highest BCUT2D eigenvalue weighted by atomic mass is 16.7. The lowest BCUT2D eigenvalue weighted by molar-refractivity contribution is -0.271. The Hall–Kier alpha value is -2.26. The number of carbonyl (C=O) groups is 2. The van der Waals surface area contributed by atoms with Crippen molar-refractivity contribution in [3.8, 4) is 0 Å². The Balaban J connectivity index is 1.57. The standard InChI is InChI=1S/C18H20O8/c1-23-17(21)18(22)9-12-15(20)16(26-18)13(25-12)10-24-14(19)8-7-11-5-3-2-4-6-11/h2-8,12-13,15-16,20,22H,9-10H2,1H3/b8-7-/t12-,13+,15+,16-,18+/m0/s1. The van der Waals surface area contributed by atoms with E-state index in [-0.39, 0.29) is 13.0 Å². The van der Waals surface area contributed by atoms with Gasteiger partial charge in [0.15, 0.2) is 0 Å². The number of hydrogen-bond acceptors (Lipinski definition) is 8. The summed E-state index contributed by atoms with van der Waals surface area (Å²) in [6.45, 7) is -0.187. The number of methoxy groups -OCH3 is 1. The van der Waals surface area contributed by atoms with Gasteiger partial charge in [-0.2, -0.15) is 0 Å². The Morgan fingerprint density at radius 1 is 1.35 bits per heavy atom. The van der Waals surface area contributed by atoms with E-state index in [4.69, 9.17) is 14.2 Å². The smallest absolute Gasteiger partial charge is 0.366 e. The molecule has 2 fully saturated rings. The summed E-state index contributed by atoms with van der Waals surface area (Å²) in [5.41, 5.74) is 0.847. The molecule has 2 saturated heterocycles. The molecule has 5 atom stereocenters. The fraction of sp³-hybridized carbons (Fsp3) is 0.444. The number of aliphatic hydroxyl groups is 2. The van der Waals surface area contributed by atoms with Crippen molar-refractivity contribution in [3.05, 3.63) is 42.0 Å². The average molecular weight is 364 g/mol. The number of benzene rings is 1. The molecule has 0 saturated carbocycles. The highest BCUT2D eigenvalue weighted by molar-refractivity contribution is 5.87. The highest BCUT2D eigenvalue weighted by Gasteiger charge is 2.59. The van der Waals surface area contributed by atoms with Crippen LogP contribution in [0.2, 0.25) is 0 Å². The minimum Gasteiger partial charge on any atom is -0.465 e. The number of esters is 2. The third-order valence-corrected chi connectivity index (χ3v) is 4.35. The Kier molecular flexibility index (Phi) is 5.38. The van der Waals surface area contributed by atoms with Crippen LogP contribution in [0.1, 0.15) is 12.0 Å². The van der Waals surface area contributed by atoms with Crippen LogP contribution in [0.4, 0.5) is 0 Å². The first kappa shape index (κ1) is 18.5. The third-order valence-electron chi connectivity index (χ3n) is 4.35. The molecule has 2 bridgehead atoms. The van der Waals surface area contributed by atoms with E-state index in [1.807, 2.05) is 30.3 Å². The van der Waals surface area contributed by atoms with E-state index in [2.05, 4.69) is 4.74 Å². The van der Waals surface area contributed by atoms with Gasteiger partial charge in [-0.3, -0.25) is 0 Å². The summed E-state index contributed by atoms with van der Waals surface area (Å²) in [6.07, 6.45) is -1.05. The molecule has 2 aliphatic rings. The zero-order chi connectivity index (χ0) is 18.7. The molecule has 0 aliphatic carbocycles. The molecule has 8 nitrogen and oxygen atoms in total. The molecule has 8 heteroatoms. The van der Waals surface area contributed by atoms with Crippen molar-refractivity contribution in [2.45, 2.75) is 36.6 Å². The van der Waals surface area contributed by atoms with Crippen molar-refractivity contribution in [1.82, 2.24) is 0 Å². The molecule has 0 aromatic heterocycles. The maximum absolute atomic E-state index is 11.8. The van der Waals surface area contributed by atoms with Gasteiger partial charge in [-0.1, -0.05) is 30.3 Å². The summed E-state index contributed by atoms with van der Waals surface area (Å²) in [7, 11) is 1.12. The van der Waals surface area contributed by atoms with Gasteiger partial charge in [-0.15, -0.1) is 0 Å². The van der Waals surface area contributed by atoms with E-state index in [1.165, 1.54) is 6.08 Å². The van der Waals surface area contributed by atoms with Crippen LogP contribution >= 0.6 is 0 Å². The number of rotatable bonds is 5. The molecule has 2 N–H and O–H groups in total. The van der Waals surface area contributed by atoms with Crippen LogP contribution < -0.4 is 0 Å². The minimum atomic E-state index is -2.19. The minimum absolute atomic E-state index is 0.187. The first-order valence-electron chi connectivity index (χ1n) is 8.15. The molecule has 3 rings (SSSR count). The van der Waals surface area contributed by atoms with Gasteiger partial charge in [0.25, 0.3) is 5.79 Å². The fourth-order valence-corrected chi connectivity index (χ4v) is 3.04. The molecule has 0 radical (unpaired) electrons. The van der Waals surface area contributed by atoms with E-state index < -0.39 is 42.1 Å². The Bertz CT molecular complexity index is 688. The Morgan fingerprint density at radius 2 is 2.08 bits per heavy atom. The third kappa shape index (κ3) is 3.78. The average Bonchev–Trinajstić information content (AvgIpc) is 2.83. The zero-order valence-corrected chi connectivity index (χ0v) is 14.1. The summed E-state index contributed by atoms with van der Waals surface area (Å²) in [6, 6.07) is 9.24. The predicted molar refractivity (Wildman–Crippen MR) is 87.6 cm³/mol. The molecular formula is C18H20O8. The fourth-order valence-electron chi connectivity index (χ4n) is 3.04. The lowest BCUT2D eigenvalue weighted by atomic mass is 9.96. The summed E-state index contributed by atoms with van der Waals surface area (Å²) < 4.78 is 20.5. The van der Waals surface area contributed by atoms with E-state index in [0.29, 0.717) is 0 Å². The molecule has 26 heavy (non-hydrogen) atoms. The van der Waals surface area contributed by atoms with Crippen LogP contribution in [0.15, 0.2) is 36.4 Å². The first-order chi connectivity index (χ1) is 12.4. The van der Waals surface area contributed by atoms with Crippen molar-refractivity contribution in [3.63, 3.8) is 0 Å². The maximum atomic E-state index is 11.8. The second-order valence-corrected chi connectivity index (χ2v) is 6.14. The van der Waals surface area contributed by atoms with Crippen LogP contribution in [0.3, 0.4) is 0 Å². The topological polar surface area (TPSA) is 112 Å². The predicted octanol–water partition coefficient (Wildman–Crippen LogP) is 0.0218. The lowest BCUT2D eigenvalue weighted by Crippen LogP contribution is -2.56. The van der Waals surface area contributed by atoms with Gasteiger partial charge in [0, 0.05) is 12.5 Å². The molecule has 0 unspecified atom stereocenters. The molecule has 2 heterocycles. The number of carbonyl (C=O) groups excluding carboxylic acids is 2. The van der Waals surface area contributed by atoms with Gasteiger partial charge < -0.3 is 29.2 Å². The largest absolute Gasteiger partial charge is 0.465 e. The molecule has 0 amide bonds. The van der Waals surface area contributed by atoms with E-state index in [9.17, 15) is 19.8 Å².